The van der Waals surface area contributed by atoms with Gasteiger partial charge in [0, 0.05) is 48.8 Å². The van der Waals surface area contributed by atoms with Gasteiger partial charge in [-0.05, 0) is 31.2 Å². The summed E-state index contributed by atoms with van der Waals surface area (Å²) in [6.07, 6.45) is 0. The molecule has 0 saturated carbocycles. The number of rotatable bonds is 4. The van der Waals surface area contributed by atoms with Gasteiger partial charge in [0.15, 0.2) is 11.5 Å². The van der Waals surface area contributed by atoms with Gasteiger partial charge in [-0.25, -0.2) is 4.79 Å². The second-order valence-electron chi connectivity index (χ2n) is 8.28. The molecular weight excluding hydrogens is 438 g/mol. The van der Waals surface area contributed by atoms with Crippen molar-refractivity contribution in [3.8, 4) is 11.5 Å². The largest absolute Gasteiger partial charge is 0.454 e. The summed E-state index contributed by atoms with van der Waals surface area (Å²) in [4.78, 5) is 44.6. The number of H-pyrrole nitrogens is 1. The fourth-order valence-electron chi connectivity index (χ4n) is 4.04. The molecular formula is C24H25N5O5. The molecule has 2 aromatic carbocycles. The van der Waals surface area contributed by atoms with Crippen LogP contribution in [0.1, 0.15) is 17.4 Å². The van der Waals surface area contributed by atoms with Crippen molar-refractivity contribution in [3.05, 3.63) is 54.2 Å². The fraction of sp³-hybridized carbons (Fsp3) is 0.292. The Labute approximate surface area is 195 Å². The Morgan fingerprint density at radius 3 is 2.47 bits per heavy atom. The number of carbonyl (C=O) groups is 3. The van der Waals surface area contributed by atoms with Crippen LogP contribution in [0.5, 0.6) is 11.5 Å². The van der Waals surface area contributed by atoms with Crippen molar-refractivity contribution in [2.24, 2.45) is 0 Å². The second-order valence-corrected chi connectivity index (χ2v) is 8.28. The first kappa shape index (κ1) is 21.6. The number of fused-ring (bicyclic) bond motifs is 2. The standard InChI is InChI=1S/C24H25N5O5/c1-15(22(30)26-17-6-7-20-21(13-17)34-14-33-20)25-24(32)29-10-8-28(9-11-29)23(31)19-12-16-4-2-3-5-18(16)27-19/h2-7,12-13,15,27H,8-11,14H2,1H3,(H,25,32)(H,26,30). The maximum Gasteiger partial charge on any atom is 0.318 e. The molecule has 3 heterocycles. The van der Waals surface area contributed by atoms with E-state index in [2.05, 4.69) is 15.6 Å². The van der Waals surface area contributed by atoms with Crippen LogP contribution in [0, 0.1) is 0 Å². The van der Waals surface area contributed by atoms with Crippen molar-refractivity contribution in [2.45, 2.75) is 13.0 Å². The summed E-state index contributed by atoms with van der Waals surface area (Å²) in [7, 11) is 0. The van der Waals surface area contributed by atoms with Gasteiger partial charge in [0.25, 0.3) is 5.91 Å². The Bertz CT molecular complexity index is 1210. The van der Waals surface area contributed by atoms with Gasteiger partial charge in [0.05, 0.1) is 0 Å². The van der Waals surface area contributed by atoms with E-state index < -0.39 is 6.04 Å². The van der Waals surface area contributed by atoms with Crippen LogP contribution in [0.25, 0.3) is 10.9 Å². The SMILES string of the molecule is CC(NC(=O)N1CCN(C(=O)c2cc3ccccc3[nH]2)CC1)C(=O)Nc1ccc2c(c1)OCO2. The number of benzene rings is 2. The van der Waals surface area contributed by atoms with E-state index in [1.807, 2.05) is 30.3 Å². The Kier molecular flexibility index (Phi) is 5.70. The molecule has 0 aliphatic carbocycles. The Balaban J connectivity index is 1.12. The molecule has 176 valence electrons. The van der Waals surface area contributed by atoms with E-state index in [4.69, 9.17) is 9.47 Å². The van der Waals surface area contributed by atoms with Gasteiger partial charge in [0.2, 0.25) is 12.7 Å². The molecule has 2 aliphatic rings. The Morgan fingerprint density at radius 2 is 1.68 bits per heavy atom. The van der Waals surface area contributed by atoms with Crippen molar-refractivity contribution in [3.63, 3.8) is 0 Å². The number of aromatic nitrogens is 1. The van der Waals surface area contributed by atoms with E-state index in [0.29, 0.717) is 49.1 Å². The summed E-state index contributed by atoms with van der Waals surface area (Å²) in [5.74, 6) is 0.753. The summed E-state index contributed by atoms with van der Waals surface area (Å²) >= 11 is 0. The Hall–Kier alpha value is -4.21. The lowest BCUT2D eigenvalue weighted by atomic mass is 10.2. The van der Waals surface area contributed by atoms with Crippen LogP contribution in [0.4, 0.5) is 10.5 Å². The monoisotopic (exact) mass is 463 g/mol. The maximum atomic E-state index is 12.9. The van der Waals surface area contributed by atoms with Gasteiger partial charge in [-0.15, -0.1) is 0 Å². The third-order valence-electron chi connectivity index (χ3n) is 5.99. The molecule has 2 aliphatic heterocycles. The molecule has 10 nitrogen and oxygen atoms in total. The second kappa shape index (κ2) is 8.97. The molecule has 0 radical (unpaired) electrons. The van der Waals surface area contributed by atoms with Crippen LogP contribution in [0.3, 0.4) is 0 Å². The van der Waals surface area contributed by atoms with E-state index in [0.717, 1.165) is 10.9 Å². The van der Waals surface area contributed by atoms with Crippen molar-refractivity contribution in [1.82, 2.24) is 20.1 Å². The van der Waals surface area contributed by atoms with Crippen molar-refractivity contribution < 1.29 is 23.9 Å². The quantitative estimate of drug-likeness (QED) is 0.550. The summed E-state index contributed by atoms with van der Waals surface area (Å²) in [6, 6.07) is 13.6. The normalized spacial score (nSPS) is 15.8. The number of carbonyl (C=O) groups excluding carboxylic acids is 3. The molecule has 5 rings (SSSR count). The molecule has 0 spiro atoms. The van der Waals surface area contributed by atoms with E-state index in [-0.39, 0.29) is 24.6 Å². The first-order chi connectivity index (χ1) is 16.5. The maximum absolute atomic E-state index is 12.9. The van der Waals surface area contributed by atoms with Gasteiger partial charge in [-0.3, -0.25) is 9.59 Å². The van der Waals surface area contributed by atoms with E-state index in [1.165, 1.54) is 0 Å². The number of nitrogens with one attached hydrogen (secondary N) is 3. The number of hydrogen-bond donors (Lipinski definition) is 3. The lowest BCUT2D eigenvalue weighted by Crippen LogP contribution is -2.55. The van der Waals surface area contributed by atoms with E-state index >= 15 is 0 Å². The minimum atomic E-state index is -0.746. The van der Waals surface area contributed by atoms with Gasteiger partial charge < -0.3 is 34.9 Å². The number of piperazine rings is 1. The van der Waals surface area contributed by atoms with Crippen LogP contribution in [-0.2, 0) is 4.79 Å². The average Bonchev–Trinajstić information content (AvgIpc) is 3.50. The van der Waals surface area contributed by atoms with Gasteiger partial charge in [-0.2, -0.15) is 0 Å². The number of hydrogen-bond acceptors (Lipinski definition) is 5. The molecule has 3 aromatic rings. The third-order valence-corrected chi connectivity index (χ3v) is 5.99. The number of amides is 4. The van der Waals surface area contributed by atoms with Gasteiger partial charge in [0.1, 0.15) is 11.7 Å². The molecule has 0 bridgehead atoms. The topological polar surface area (TPSA) is 116 Å². The van der Waals surface area contributed by atoms with E-state index in [9.17, 15) is 14.4 Å². The smallest absolute Gasteiger partial charge is 0.318 e. The highest BCUT2D eigenvalue weighted by Gasteiger charge is 2.27. The first-order valence-corrected chi connectivity index (χ1v) is 11.1. The van der Waals surface area contributed by atoms with Crippen LogP contribution < -0.4 is 20.1 Å². The lowest BCUT2D eigenvalue weighted by Gasteiger charge is -2.35. The molecule has 4 amide bonds. The van der Waals surface area contributed by atoms with Gasteiger partial charge in [-0.1, -0.05) is 18.2 Å². The van der Waals surface area contributed by atoms with Crippen molar-refractivity contribution in [1.29, 1.82) is 0 Å². The van der Waals surface area contributed by atoms with Gasteiger partial charge >= 0.3 is 6.03 Å². The highest BCUT2D eigenvalue weighted by atomic mass is 16.7. The van der Waals surface area contributed by atoms with Crippen molar-refractivity contribution in [2.75, 3.05) is 38.3 Å². The van der Waals surface area contributed by atoms with Crippen LogP contribution in [0.15, 0.2) is 48.5 Å². The highest BCUT2D eigenvalue weighted by Crippen LogP contribution is 2.34. The summed E-state index contributed by atoms with van der Waals surface area (Å²) in [5.41, 5.74) is 2.00. The van der Waals surface area contributed by atoms with Crippen LogP contribution in [0.2, 0.25) is 0 Å². The number of nitrogens with zero attached hydrogens (tertiary/aromatic N) is 2. The molecule has 1 atom stereocenters. The zero-order valence-electron chi connectivity index (χ0n) is 18.7. The fourth-order valence-corrected chi connectivity index (χ4v) is 4.04. The third kappa shape index (κ3) is 4.34. The molecule has 3 N–H and O–H groups in total. The molecule has 1 aromatic heterocycles. The minimum absolute atomic E-state index is 0.0901. The number of para-hydroxylation sites is 1. The summed E-state index contributed by atoms with van der Waals surface area (Å²) < 4.78 is 10.6. The van der Waals surface area contributed by atoms with Crippen LogP contribution in [-0.4, -0.2) is 71.6 Å². The zero-order chi connectivity index (χ0) is 23.7. The first-order valence-electron chi connectivity index (χ1n) is 11.1. The predicted molar refractivity (Wildman–Crippen MR) is 125 cm³/mol. The average molecular weight is 463 g/mol. The Morgan fingerprint density at radius 1 is 0.941 bits per heavy atom. The number of ether oxygens (including phenoxy) is 2. The predicted octanol–water partition coefficient (Wildman–Crippen LogP) is 2.39. The number of anilines is 1. The van der Waals surface area contributed by atoms with E-state index in [1.54, 1.807) is 34.9 Å². The van der Waals surface area contributed by atoms with Crippen molar-refractivity contribution >= 4 is 34.4 Å². The molecule has 1 saturated heterocycles. The molecule has 10 heteroatoms. The lowest BCUT2D eigenvalue weighted by molar-refractivity contribution is -0.117. The minimum Gasteiger partial charge on any atom is -0.454 e. The molecule has 1 fully saturated rings. The molecule has 34 heavy (non-hydrogen) atoms. The van der Waals surface area contributed by atoms with Crippen LogP contribution >= 0.6 is 0 Å². The highest BCUT2D eigenvalue weighted by molar-refractivity contribution is 5.98. The summed E-state index contributed by atoms with van der Waals surface area (Å²) in [6.45, 7) is 3.37. The summed E-state index contributed by atoms with van der Waals surface area (Å²) in [5, 5.41) is 6.47. The number of aromatic amines is 1. The molecule has 1 unspecified atom stereocenters. The number of urea groups is 1. The zero-order valence-corrected chi connectivity index (χ0v) is 18.7.